The zero-order chi connectivity index (χ0) is 27.0. The first-order chi connectivity index (χ1) is 16.6. The third kappa shape index (κ3) is 5.40. The van der Waals surface area contributed by atoms with E-state index in [0.717, 1.165) is 6.92 Å². The summed E-state index contributed by atoms with van der Waals surface area (Å²) in [6.07, 6.45) is -3.74. The number of rotatable bonds is 6. The van der Waals surface area contributed by atoms with Crippen LogP contribution in [0.5, 0.6) is 17.4 Å². The molecule has 1 aromatic heterocycles. The number of hydrogen-bond donors (Lipinski definition) is 2. The molecule has 192 valence electrons. The number of aromatic nitrogens is 2. The average molecular weight is 527 g/mol. The molecule has 1 amide bonds. The molecule has 8 nitrogen and oxygen atoms in total. The van der Waals surface area contributed by atoms with Crippen molar-refractivity contribution in [2.45, 2.75) is 31.8 Å². The Kier molecular flexibility index (Phi) is 7.25. The molecule has 0 spiro atoms. The first kappa shape index (κ1) is 26.9. The number of carbonyl (C=O) groups excluding carboxylic acids is 1. The number of halogens is 4. The van der Waals surface area contributed by atoms with Crippen molar-refractivity contribution in [3.05, 3.63) is 64.1 Å². The largest absolute Gasteiger partial charge is 0.490 e. The number of hydrogen-bond acceptors (Lipinski definition) is 7. The van der Waals surface area contributed by atoms with E-state index in [9.17, 15) is 26.6 Å². The van der Waals surface area contributed by atoms with E-state index in [2.05, 4.69) is 15.5 Å². The number of carbonyl (C=O) groups is 1. The predicted octanol–water partition coefficient (Wildman–Crippen LogP) is 5.65. The molecule has 1 heterocycles. The molecule has 3 aromatic rings. The van der Waals surface area contributed by atoms with Crippen molar-refractivity contribution >= 4 is 21.3 Å². The number of ether oxygens (including phenoxy) is 2. The summed E-state index contributed by atoms with van der Waals surface area (Å²) in [5, 5.41) is 9.08. The summed E-state index contributed by atoms with van der Waals surface area (Å²) in [6.45, 7) is 4.08. The highest BCUT2D eigenvalue weighted by Gasteiger charge is 2.38. The molecule has 0 aliphatic rings. The maximum absolute atomic E-state index is 14.6. The Balaban J connectivity index is 2.16. The van der Waals surface area contributed by atoms with Crippen LogP contribution in [-0.2, 0) is 15.9 Å². The van der Waals surface area contributed by atoms with Crippen molar-refractivity contribution in [1.29, 1.82) is 4.78 Å². The topological polar surface area (TPSA) is 114 Å². The lowest BCUT2D eigenvalue weighted by Crippen LogP contribution is -2.21. The number of anilines is 1. The van der Waals surface area contributed by atoms with E-state index in [1.54, 1.807) is 6.92 Å². The van der Waals surface area contributed by atoms with Crippen LogP contribution in [0.1, 0.15) is 32.7 Å². The fraction of sp³-hybridized carbons (Fsp3) is 0.261. The van der Waals surface area contributed by atoms with Gasteiger partial charge in [-0.05, 0) is 61.7 Å². The summed E-state index contributed by atoms with van der Waals surface area (Å²) < 4.78 is 85.7. The highest BCUT2D eigenvalue weighted by Crippen LogP contribution is 2.40. The van der Waals surface area contributed by atoms with Crippen LogP contribution in [-0.4, -0.2) is 33.7 Å². The third-order valence-electron chi connectivity index (χ3n) is 5.17. The molecule has 0 fully saturated rings. The van der Waals surface area contributed by atoms with Gasteiger partial charge in [-0.3, -0.25) is 4.79 Å². The number of amides is 1. The van der Waals surface area contributed by atoms with Crippen LogP contribution in [0, 0.1) is 31.4 Å². The Hall–Kier alpha value is -3.74. The molecule has 1 atom stereocenters. The van der Waals surface area contributed by atoms with Crippen molar-refractivity contribution in [3.8, 4) is 17.4 Å². The summed E-state index contributed by atoms with van der Waals surface area (Å²) in [4.78, 5) is 13.3. The van der Waals surface area contributed by atoms with Crippen LogP contribution in [0.2, 0.25) is 0 Å². The fourth-order valence-corrected chi connectivity index (χ4v) is 4.12. The van der Waals surface area contributed by atoms with Gasteiger partial charge in [-0.15, -0.1) is 10.2 Å². The van der Waals surface area contributed by atoms with Crippen LogP contribution >= 0.6 is 0 Å². The van der Waals surface area contributed by atoms with Crippen molar-refractivity contribution in [3.63, 3.8) is 0 Å². The van der Waals surface area contributed by atoms with Crippen molar-refractivity contribution in [2.75, 3.05) is 18.7 Å². The Morgan fingerprint density at radius 2 is 1.75 bits per heavy atom. The number of nitrogens with zero attached hydrogens (tertiary/aromatic N) is 2. The van der Waals surface area contributed by atoms with Crippen LogP contribution in [0.15, 0.2) is 35.2 Å². The van der Waals surface area contributed by atoms with Crippen LogP contribution in [0.4, 0.5) is 23.2 Å². The van der Waals surface area contributed by atoms with E-state index in [4.69, 9.17) is 14.3 Å². The maximum Gasteiger partial charge on any atom is 0.435 e. The van der Waals surface area contributed by atoms with Gasteiger partial charge in [0, 0.05) is 16.8 Å². The molecule has 3 rings (SSSR count). The molecule has 0 bridgehead atoms. The molecule has 0 aliphatic heterocycles. The van der Waals surface area contributed by atoms with Crippen LogP contribution in [0.25, 0.3) is 0 Å². The summed E-state index contributed by atoms with van der Waals surface area (Å²) in [5.74, 6) is -2.92. The number of nitrogens with one attached hydrogen (secondary N) is 2. The van der Waals surface area contributed by atoms with E-state index < -0.39 is 50.3 Å². The van der Waals surface area contributed by atoms with Gasteiger partial charge in [-0.25, -0.2) is 13.4 Å². The molecule has 0 saturated heterocycles. The highest BCUT2D eigenvalue weighted by molar-refractivity contribution is 7.91. The second-order valence-electron chi connectivity index (χ2n) is 7.97. The van der Waals surface area contributed by atoms with Gasteiger partial charge in [0.05, 0.1) is 16.8 Å². The van der Waals surface area contributed by atoms with Gasteiger partial charge < -0.3 is 14.8 Å². The molecule has 1 unspecified atom stereocenters. The molecule has 2 N–H and O–H groups in total. The lowest BCUT2D eigenvalue weighted by Gasteiger charge is -2.18. The first-order valence-electron chi connectivity index (χ1n) is 10.3. The molecule has 0 radical (unpaired) electrons. The lowest BCUT2D eigenvalue weighted by molar-refractivity contribution is -0.142. The first-order valence-corrected chi connectivity index (χ1v) is 12.2. The number of benzene rings is 2. The van der Waals surface area contributed by atoms with Crippen LogP contribution < -0.4 is 14.8 Å². The smallest absolute Gasteiger partial charge is 0.435 e. The van der Waals surface area contributed by atoms with Gasteiger partial charge in [0.25, 0.3) is 11.8 Å². The molecule has 13 heteroatoms. The van der Waals surface area contributed by atoms with Gasteiger partial charge in [-0.2, -0.15) is 13.2 Å². The maximum atomic E-state index is 14.6. The summed E-state index contributed by atoms with van der Waals surface area (Å²) in [6, 6.07) is 6.96. The normalized spacial score (nSPS) is 13.1. The minimum atomic E-state index is -4.92. The third-order valence-corrected chi connectivity index (χ3v) is 6.32. The predicted molar refractivity (Wildman–Crippen MR) is 124 cm³/mol. The monoisotopic (exact) mass is 526 g/mol. The minimum Gasteiger partial charge on any atom is -0.490 e. The van der Waals surface area contributed by atoms with Crippen molar-refractivity contribution < 1.29 is 36.0 Å². The standard InChI is InChI=1S/C23H22F4N4O4S/c1-11-9-12(2)18(19(34-4)17(11)24)35-22-16(13(3)20(30-31-22)23(25,26)27)21(32)29-14-7-6-8-15(10-14)36(5,28)33/h6-10,28H,1-5H3,(H,29,32). The number of alkyl halides is 3. The Morgan fingerprint density at radius 3 is 2.33 bits per heavy atom. The molecule has 0 aliphatic carbocycles. The van der Waals surface area contributed by atoms with E-state index in [1.807, 2.05) is 0 Å². The highest BCUT2D eigenvalue weighted by atomic mass is 32.2. The molecule has 2 aromatic carbocycles. The van der Waals surface area contributed by atoms with Gasteiger partial charge >= 0.3 is 6.18 Å². The number of methoxy groups -OCH3 is 1. The molecular weight excluding hydrogens is 504 g/mol. The molecule has 0 saturated carbocycles. The van der Waals surface area contributed by atoms with Gasteiger partial charge in [0.15, 0.2) is 23.0 Å². The van der Waals surface area contributed by atoms with Crippen molar-refractivity contribution in [1.82, 2.24) is 10.2 Å². The van der Waals surface area contributed by atoms with E-state index in [1.165, 1.54) is 50.6 Å². The Morgan fingerprint density at radius 1 is 1.08 bits per heavy atom. The fourth-order valence-electron chi connectivity index (χ4n) is 3.43. The SMILES string of the molecule is COc1c(F)c(C)cc(C)c1Oc1nnc(C(F)(F)F)c(C)c1C(=O)Nc1cccc(S(C)(=N)=O)c1. The quantitative estimate of drug-likeness (QED) is 0.402. The van der Waals surface area contributed by atoms with E-state index in [0.29, 0.717) is 5.56 Å². The van der Waals surface area contributed by atoms with Gasteiger partial charge in [0.1, 0.15) is 5.56 Å². The lowest BCUT2D eigenvalue weighted by atomic mass is 10.1. The second kappa shape index (κ2) is 9.72. The summed E-state index contributed by atoms with van der Waals surface area (Å²) in [5.41, 5.74) is -1.90. The zero-order valence-corrected chi connectivity index (χ0v) is 20.7. The summed E-state index contributed by atoms with van der Waals surface area (Å²) in [7, 11) is -1.94. The second-order valence-corrected chi connectivity index (χ2v) is 10.1. The Labute approximate surface area is 204 Å². The average Bonchev–Trinajstić information content (AvgIpc) is 2.76. The van der Waals surface area contributed by atoms with Gasteiger partial charge in [0.2, 0.25) is 0 Å². The minimum absolute atomic E-state index is 0.0742. The van der Waals surface area contributed by atoms with Gasteiger partial charge in [-0.1, -0.05) is 6.07 Å². The molecular formula is C23H22F4N4O4S. The molecule has 36 heavy (non-hydrogen) atoms. The van der Waals surface area contributed by atoms with E-state index >= 15 is 0 Å². The van der Waals surface area contributed by atoms with Crippen LogP contribution in [0.3, 0.4) is 0 Å². The van der Waals surface area contributed by atoms with E-state index in [-0.39, 0.29) is 27.6 Å². The number of aryl methyl sites for hydroxylation is 2. The van der Waals surface area contributed by atoms with Crippen molar-refractivity contribution in [2.24, 2.45) is 0 Å². The zero-order valence-electron chi connectivity index (χ0n) is 19.8. The Bertz CT molecular complexity index is 1460. The summed E-state index contributed by atoms with van der Waals surface area (Å²) >= 11 is 0.